The zero-order chi connectivity index (χ0) is 17.2. The van der Waals surface area contributed by atoms with Crippen LogP contribution >= 0.6 is 0 Å². The third-order valence-electron chi connectivity index (χ3n) is 4.84. The summed E-state index contributed by atoms with van der Waals surface area (Å²) in [6, 6.07) is 16.2. The molecule has 4 heteroatoms. The van der Waals surface area contributed by atoms with Gasteiger partial charge in [0.25, 0.3) is 5.91 Å². The lowest BCUT2D eigenvalue weighted by atomic mass is 10.00. The first-order valence-corrected chi connectivity index (χ1v) is 8.72. The summed E-state index contributed by atoms with van der Waals surface area (Å²) in [4.78, 5) is 18.7. The van der Waals surface area contributed by atoms with Gasteiger partial charge in [0, 0.05) is 30.2 Å². The van der Waals surface area contributed by atoms with Crippen molar-refractivity contribution < 1.29 is 4.79 Å². The molecule has 0 unspecified atom stereocenters. The fourth-order valence-corrected chi connectivity index (χ4v) is 3.50. The average molecular weight is 331 g/mol. The molecule has 1 amide bonds. The Bertz CT molecular complexity index is 929. The van der Waals surface area contributed by atoms with Crippen LogP contribution in [0.25, 0.3) is 10.8 Å². The van der Waals surface area contributed by atoms with Crippen LogP contribution in [0.5, 0.6) is 0 Å². The number of likely N-dealkylation sites (tertiary alicyclic amines) is 1. The van der Waals surface area contributed by atoms with Crippen LogP contribution in [0.1, 0.15) is 34.3 Å². The third-order valence-corrected chi connectivity index (χ3v) is 4.84. The number of rotatable bonds is 3. The number of nitrogens with zero attached hydrogens (tertiary/aromatic N) is 2. The van der Waals surface area contributed by atoms with Crippen molar-refractivity contribution in [3.05, 3.63) is 71.4 Å². The van der Waals surface area contributed by atoms with Crippen molar-refractivity contribution in [1.29, 1.82) is 0 Å². The number of carbonyl (C=O) groups excluding carboxylic acids is 1. The number of nitrogen functional groups attached to an aromatic ring is 1. The van der Waals surface area contributed by atoms with E-state index in [1.54, 1.807) is 6.20 Å². The molecular weight excluding hydrogens is 310 g/mol. The molecule has 0 spiro atoms. The molecule has 3 aromatic rings. The van der Waals surface area contributed by atoms with E-state index in [-0.39, 0.29) is 5.91 Å². The second-order valence-electron chi connectivity index (χ2n) is 6.63. The summed E-state index contributed by atoms with van der Waals surface area (Å²) in [5.74, 6) is 0.698. The monoisotopic (exact) mass is 331 g/mol. The number of benzene rings is 2. The number of amides is 1. The molecule has 126 valence electrons. The Morgan fingerprint density at radius 3 is 2.68 bits per heavy atom. The van der Waals surface area contributed by atoms with Gasteiger partial charge in [0.1, 0.15) is 5.82 Å². The smallest absolute Gasteiger partial charge is 0.253 e. The second-order valence-corrected chi connectivity index (χ2v) is 6.63. The van der Waals surface area contributed by atoms with Gasteiger partial charge in [-0.3, -0.25) is 4.79 Å². The molecule has 0 atom stereocenters. The maximum atomic E-state index is 12.6. The highest BCUT2D eigenvalue weighted by atomic mass is 16.2. The van der Waals surface area contributed by atoms with Gasteiger partial charge in [-0.25, -0.2) is 4.98 Å². The molecule has 0 saturated carbocycles. The Kier molecular flexibility index (Phi) is 4.10. The van der Waals surface area contributed by atoms with Crippen molar-refractivity contribution in [2.24, 2.45) is 0 Å². The fraction of sp³-hybridized carbons (Fsp3) is 0.238. The summed E-state index contributed by atoms with van der Waals surface area (Å²) in [6.07, 6.45) is 4.71. The van der Waals surface area contributed by atoms with Gasteiger partial charge in [-0.05, 0) is 60.0 Å². The number of anilines is 1. The topological polar surface area (TPSA) is 59.2 Å². The zero-order valence-electron chi connectivity index (χ0n) is 14.1. The van der Waals surface area contributed by atoms with Crippen LogP contribution in [0.3, 0.4) is 0 Å². The molecule has 0 radical (unpaired) electrons. The maximum Gasteiger partial charge on any atom is 0.253 e. The van der Waals surface area contributed by atoms with Crippen LogP contribution in [0.2, 0.25) is 0 Å². The predicted octanol–water partition coefficient (Wildman–Crippen LogP) is 3.64. The number of fused-ring (bicyclic) bond motifs is 1. The van der Waals surface area contributed by atoms with E-state index in [0.717, 1.165) is 59.8 Å². The average Bonchev–Trinajstić information content (AvgIpc) is 3.17. The van der Waals surface area contributed by atoms with E-state index in [2.05, 4.69) is 29.2 Å². The van der Waals surface area contributed by atoms with E-state index < -0.39 is 0 Å². The van der Waals surface area contributed by atoms with E-state index >= 15 is 0 Å². The number of aromatic nitrogens is 1. The first-order valence-electron chi connectivity index (χ1n) is 8.72. The fourth-order valence-electron chi connectivity index (χ4n) is 3.50. The lowest BCUT2D eigenvalue weighted by Gasteiger charge is -2.15. The van der Waals surface area contributed by atoms with E-state index in [0.29, 0.717) is 5.82 Å². The highest BCUT2D eigenvalue weighted by molar-refractivity contribution is 5.94. The number of pyridine rings is 1. The van der Waals surface area contributed by atoms with Gasteiger partial charge in [-0.1, -0.05) is 24.3 Å². The Labute approximate surface area is 147 Å². The predicted molar refractivity (Wildman–Crippen MR) is 101 cm³/mol. The molecule has 2 N–H and O–H groups in total. The summed E-state index contributed by atoms with van der Waals surface area (Å²) < 4.78 is 0. The molecule has 0 aliphatic carbocycles. The molecule has 2 aromatic carbocycles. The Hall–Kier alpha value is -2.88. The standard InChI is InChI=1S/C21H21N3O/c22-20-19-14-16(6-7-17(19)8-9-23-20)12-15-4-3-5-18(13-15)21(25)24-10-1-2-11-24/h3-9,13-14H,1-2,10-12H2,(H2,22,23). The van der Waals surface area contributed by atoms with E-state index in [9.17, 15) is 4.79 Å². The first-order chi connectivity index (χ1) is 12.2. The van der Waals surface area contributed by atoms with Crippen LogP contribution < -0.4 is 5.73 Å². The lowest BCUT2D eigenvalue weighted by Crippen LogP contribution is -2.27. The number of nitrogens with two attached hydrogens (primary N) is 1. The zero-order valence-corrected chi connectivity index (χ0v) is 14.1. The summed E-state index contributed by atoms with van der Waals surface area (Å²) in [7, 11) is 0. The SMILES string of the molecule is Nc1nccc2ccc(Cc3cccc(C(=O)N4CCCC4)c3)cc12. The van der Waals surface area contributed by atoms with Crippen molar-refractivity contribution in [2.45, 2.75) is 19.3 Å². The van der Waals surface area contributed by atoms with Crippen LogP contribution in [0, 0.1) is 0 Å². The Morgan fingerprint density at radius 2 is 1.84 bits per heavy atom. The summed E-state index contributed by atoms with van der Waals surface area (Å²) in [6.45, 7) is 1.75. The minimum absolute atomic E-state index is 0.145. The molecule has 2 heterocycles. The molecule has 4 rings (SSSR count). The largest absolute Gasteiger partial charge is 0.383 e. The number of hydrogen-bond acceptors (Lipinski definition) is 3. The maximum absolute atomic E-state index is 12.6. The normalized spacial score (nSPS) is 14.2. The van der Waals surface area contributed by atoms with Crippen molar-refractivity contribution >= 4 is 22.5 Å². The van der Waals surface area contributed by atoms with Gasteiger partial charge in [-0.2, -0.15) is 0 Å². The van der Waals surface area contributed by atoms with Gasteiger partial charge in [0.2, 0.25) is 0 Å². The van der Waals surface area contributed by atoms with E-state index in [1.165, 1.54) is 0 Å². The molecule has 25 heavy (non-hydrogen) atoms. The molecule has 1 aromatic heterocycles. The lowest BCUT2D eigenvalue weighted by molar-refractivity contribution is 0.0792. The van der Waals surface area contributed by atoms with Crippen molar-refractivity contribution in [1.82, 2.24) is 9.88 Å². The quantitative estimate of drug-likeness (QED) is 0.797. The molecule has 1 fully saturated rings. The van der Waals surface area contributed by atoms with Gasteiger partial charge >= 0.3 is 0 Å². The van der Waals surface area contributed by atoms with Gasteiger partial charge < -0.3 is 10.6 Å². The van der Waals surface area contributed by atoms with Gasteiger partial charge in [-0.15, -0.1) is 0 Å². The van der Waals surface area contributed by atoms with E-state index in [1.807, 2.05) is 29.2 Å². The number of carbonyl (C=O) groups is 1. The van der Waals surface area contributed by atoms with Crippen molar-refractivity contribution in [3.8, 4) is 0 Å². The number of hydrogen-bond donors (Lipinski definition) is 1. The summed E-state index contributed by atoms with van der Waals surface area (Å²) in [5.41, 5.74) is 9.07. The molecule has 4 nitrogen and oxygen atoms in total. The highest BCUT2D eigenvalue weighted by Gasteiger charge is 2.19. The molecule has 1 aliphatic rings. The Balaban J connectivity index is 1.59. The van der Waals surface area contributed by atoms with Gasteiger partial charge in [0.05, 0.1) is 0 Å². The summed E-state index contributed by atoms with van der Waals surface area (Å²) in [5, 5.41) is 2.07. The molecule has 1 aliphatic heterocycles. The Morgan fingerprint density at radius 1 is 1.04 bits per heavy atom. The third kappa shape index (κ3) is 3.20. The molecular formula is C21H21N3O. The van der Waals surface area contributed by atoms with Crippen molar-refractivity contribution in [2.75, 3.05) is 18.8 Å². The van der Waals surface area contributed by atoms with Crippen LogP contribution in [0.15, 0.2) is 54.7 Å². The molecule has 1 saturated heterocycles. The van der Waals surface area contributed by atoms with Crippen molar-refractivity contribution in [3.63, 3.8) is 0 Å². The second kappa shape index (κ2) is 6.55. The first kappa shape index (κ1) is 15.6. The van der Waals surface area contributed by atoms with E-state index in [4.69, 9.17) is 5.73 Å². The van der Waals surface area contributed by atoms with Crippen LogP contribution in [-0.2, 0) is 6.42 Å². The minimum Gasteiger partial charge on any atom is -0.383 e. The minimum atomic E-state index is 0.145. The van der Waals surface area contributed by atoms with Crippen LogP contribution in [-0.4, -0.2) is 28.9 Å². The molecule has 0 bridgehead atoms. The van der Waals surface area contributed by atoms with Crippen LogP contribution in [0.4, 0.5) is 5.82 Å². The highest BCUT2D eigenvalue weighted by Crippen LogP contribution is 2.22. The summed E-state index contributed by atoms with van der Waals surface area (Å²) >= 11 is 0. The van der Waals surface area contributed by atoms with Gasteiger partial charge in [0.15, 0.2) is 0 Å².